The van der Waals surface area contributed by atoms with Gasteiger partial charge >= 0.3 is 0 Å². The van der Waals surface area contributed by atoms with Crippen LogP contribution < -0.4 is 5.32 Å². The van der Waals surface area contributed by atoms with Crippen LogP contribution in [-0.4, -0.2) is 61.0 Å². The van der Waals surface area contributed by atoms with Gasteiger partial charge in [-0.3, -0.25) is 4.79 Å². The Morgan fingerprint density at radius 3 is 1.81 bits per heavy atom. The molecule has 4 rings (SSSR count). The molecule has 1 aliphatic heterocycles. The fourth-order valence-electron chi connectivity index (χ4n) is 6.61. The van der Waals surface area contributed by atoms with Gasteiger partial charge in [0.05, 0.1) is 45.6 Å². The molecule has 0 saturated carbocycles. The molecule has 0 radical (unpaired) electrons. The number of ether oxygens (including phenoxy) is 5. The Kier molecular flexibility index (Phi) is 19.7. The zero-order chi connectivity index (χ0) is 36.6. The normalized spacial score (nSPS) is 20.7. The van der Waals surface area contributed by atoms with Gasteiger partial charge < -0.3 is 34.1 Å². The van der Waals surface area contributed by atoms with Gasteiger partial charge in [0, 0.05) is 0 Å². The van der Waals surface area contributed by atoms with Crippen LogP contribution in [0.15, 0.2) is 104 Å². The summed E-state index contributed by atoms with van der Waals surface area (Å²) in [7, 11) is 0. The Morgan fingerprint density at radius 2 is 1.27 bits per heavy atom. The van der Waals surface area contributed by atoms with Crippen LogP contribution in [0.1, 0.15) is 94.2 Å². The van der Waals surface area contributed by atoms with E-state index in [1.807, 2.05) is 91.0 Å². The quantitative estimate of drug-likeness (QED) is 0.0636. The maximum Gasteiger partial charge on any atom is 0.223 e. The van der Waals surface area contributed by atoms with E-state index in [4.69, 9.17) is 23.7 Å². The third-order valence-corrected chi connectivity index (χ3v) is 9.47. The Morgan fingerprint density at radius 1 is 0.750 bits per heavy atom. The molecule has 8 heteroatoms. The molecule has 0 aromatic heterocycles. The Labute approximate surface area is 311 Å². The Balaban J connectivity index is 1.48. The number of hydrogen-bond acceptors (Lipinski definition) is 7. The number of hydrogen-bond donors (Lipinski definition) is 2. The monoisotopic (exact) mass is 715 g/mol. The van der Waals surface area contributed by atoms with Crippen molar-refractivity contribution in [1.82, 2.24) is 5.32 Å². The molecular formula is C44H61NO7. The number of amides is 1. The summed E-state index contributed by atoms with van der Waals surface area (Å²) in [6, 6.07) is 29.0. The summed E-state index contributed by atoms with van der Waals surface area (Å²) in [6.07, 6.45) is 10.4. The largest absolute Gasteiger partial charge is 0.394 e. The molecule has 284 valence electrons. The van der Waals surface area contributed by atoms with Crippen molar-refractivity contribution >= 4 is 5.91 Å². The minimum absolute atomic E-state index is 0.179. The summed E-state index contributed by atoms with van der Waals surface area (Å²) < 4.78 is 31.8. The highest BCUT2D eigenvalue weighted by atomic mass is 16.7. The van der Waals surface area contributed by atoms with Gasteiger partial charge in [0.1, 0.15) is 24.4 Å². The van der Waals surface area contributed by atoms with Crippen molar-refractivity contribution in [3.05, 3.63) is 120 Å². The van der Waals surface area contributed by atoms with Crippen LogP contribution >= 0.6 is 0 Å². The molecule has 1 saturated heterocycles. The van der Waals surface area contributed by atoms with Crippen LogP contribution in [0.5, 0.6) is 0 Å². The zero-order valence-electron chi connectivity index (χ0n) is 31.1. The first kappa shape index (κ1) is 41.4. The number of unbranched alkanes of at least 4 members (excludes halogenated alkanes) is 8. The number of carbonyl (C=O) groups excluding carboxylic acids is 1. The van der Waals surface area contributed by atoms with Crippen molar-refractivity contribution in [2.75, 3.05) is 13.2 Å². The van der Waals surface area contributed by atoms with E-state index in [0.717, 1.165) is 36.0 Å². The van der Waals surface area contributed by atoms with Gasteiger partial charge in [0.15, 0.2) is 6.29 Å². The lowest BCUT2D eigenvalue weighted by Crippen LogP contribution is -2.66. The van der Waals surface area contributed by atoms with Crippen LogP contribution in [-0.2, 0) is 48.3 Å². The zero-order valence-corrected chi connectivity index (χ0v) is 31.1. The van der Waals surface area contributed by atoms with E-state index >= 15 is 0 Å². The van der Waals surface area contributed by atoms with Gasteiger partial charge in [0.2, 0.25) is 5.91 Å². The smallest absolute Gasteiger partial charge is 0.223 e. The van der Waals surface area contributed by atoms with E-state index in [0.29, 0.717) is 6.61 Å². The number of carbonyl (C=O) groups is 1. The maximum atomic E-state index is 14.0. The van der Waals surface area contributed by atoms with Crippen molar-refractivity contribution < 1.29 is 33.6 Å². The third-order valence-electron chi connectivity index (χ3n) is 9.47. The van der Waals surface area contributed by atoms with E-state index < -0.39 is 30.6 Å². The summed E-state index contributed by atoms with van der Waals surface area (Å²) in [6.45, 7) is 6.92. The molecule has 1 amide bonds. The highest BCUT2D eigenvalue weighted by Crippen LogP contribution is 2.29. The second kappa shape index (κ2) is 24.8. The summed E-state index contributed by atoms with van der Waals surface area (Å²) in [5.74, 6) is -0.188. The van der Waals surface area contributed by atoms with Crippen molar-refractivity contribution in [3.63, 3.8) is 0 Å². The fraction of sp³-hybridized carbons (Fsp3) is 0.523. The number of benzene rings is 3. The van der Waals surface area contributed by atoms with Crippen molar-refractivity contribution in [1.29, 1.82) is 0 Å². The first-order chi connectivity index (χ1) is 25.6. The predicted molar refractivity (Wildman–Crippen MR) is 205 cm³/mol. The summed E-state index contributed by atoms with van der Waals surface area (Å²) in [4.78, 5) is 14.0. The van der Waals surface area contributed by atoms with E-state index in [9.17, 15) is 9.90 Å². The molecular weight excluding hydrogens is 654 g/mol. The fourth-order valence-corrected chi connectivity index (χ4v) is 6.61. The maximum absolute atomic E-state index is 14.0. The lowest BCUT2D eigenvalue weighted by atomic mass is 9.95. The van der Waals surface area contributed by atoms with E-state index in [1.54, 1.807) is 6.08 Å². The summed E-state index contributed by atoms with van der Waals surface area (Å²) >= 11 is 0. The first-order valence-corrected chi connectivity index (χ1v) is 19.4. The van der Waals surface area contributed by atoms with Crippen LogP contribution in [0, 0.1) is 0 Å². The van der Waals surface area contributed by atoms with Gasteiger partial charge in [-0.2, -0.15) is 0 Å². The highest BCUT2D eigenvalue weighted by Gasteiger charge is 2.48. The van der Waals surface area contributed by atoms with Crippen molar-refractivity contribution in [3.8, 4) is 0 Å². The van der Waals surface area contributed by atoms with E-state index in [2.05, 4.69) is 18.8 Å². The van der Waals surface area contributed by atoms with Crippen LogP contribution in [0.2, 0.25) is 0 Å². The molecule has 0 aliphatic carbocycles. The second-order valence-electron chi connectivity index (χ2n) is 13.7. The van der Waals surface area contributed by atoms with Gasteiger partial charge in [-0.1, -0.05) is 162 Å². The lowest BCUT2D eigenvalue weighted by Gasteiger charge is -2.46. The molecule has 3 aromatic rings. The van der Waals surface area contributed by atoms with Crippen LogP contribution in [0.3, 0.4) is 0 Å². The number of aliphatic hydroxyl groups is 1. The predicted octanol–water partition coefficient (Wildman–Crippen LogP) is 8.46. The van der Waals surface area contributed by atoms with Crippen molar-refractivity contribution in [2.45, 2.75) is 134 Å². The van der Waals surface area contributed by atoms with Gasteiger partial charge in [-0.25, -0.2) is 0 Å². The summed E-state index contributed by atoms with van der Waals surface area (Å²) in [5, 5.41) is 13.7. The highest BCUT2D eigenvalue weighted by molar-refractivity contribution is 5.77. The van der Waals surface area contributed by atoms with Crippen LogP contribution in [0.4, 0.5) is 0 Å². The number of rotatable bonds is 26. The molecule has 1 heterocycles. The van der Waals surface area contributed by atoms with Gasteiger partial charge in [-0.15, -0.1) is 6.58 Å². The molecule has 3 aromatic carbocycles. The molecule has 5 unspecified atom stereocenters. The molecule has 1 fully saturated rings. The molecule has 0 bridgehead atoms. The minimum atomic E-state index is -0.905. The molecule has 6 atom stereocenters. The third kappa shape index (κ3) is 14.9. The van der Waals surface area contributed by atoms with Crippen molar-refractivity contribution in [2.24, 2.45) is 0 Å². The van der Waals surface area contributed by atoms with Crippen LogP contribution in [0.25, 0.3) is 0 Å². The molecule has 2 N–H and O–H groups in total. The average Bonchev–Trinajstić information content (AvgIpc) is 3.18. The van der Waals surface area contributed by atoms with Gasteiger partial charge in [-0.05, 0) is 23.1 Å². The lowest BCUT2D eigenvalue weighted by molar-refractivity contribution is -0.285. The summed E-state index contributed by atoms with van der Waals surface area (Å²) in [5.41, 5.74) is 3.02. The minimum Gasteiger partial charge on any atom is -0.394 e. The van der Waals surface area contributed by atoms with E-state index in [-0.39, 0.29) is 44.9 Å². The molecule has 0 spiro atoms. The molecule has 52 heavy (non-hydrogen) atoms. The average molecular weight is 716 g/mol. The number of aliphatic hydroxyl groups excluding tert-OH is 1. The first-order valence-electron chi connectivity index (χ1n) is 19.4. The van der Waals surface area contributed by atoms with E-state index in [1.165, 1.54) is 44.9 Å². The SMILES string of the molecule is C=CCOC1OC(CO)C(OCc2ccccc2)C(OCc2ccccc2)C1NC(=O)C[C@@H](CCCCCCCCCCC)OCc1ccccc1. The second-order valence-corrected chi connectivity index (χ2v) is 13.7. The van der Waals surface area contributed by atoms with Gasteiger partial charge in [0.25, 0.3) is 0 Å². The Hall–Kier alpha value is -3.37. The topological polar surface area (TPSA) is 95.5 Å². The number of nitrogens with one attached hydrogen (secondary N) is 1. The molecule has 1 aliphatic rings. The molecule has 8 nitrogen and oxygen atoms in total. The standard InChI is InChI=1S/C44H61NO7/c1-3-5-6-7-8-9-10-11-21-28-38(49-32-35-22-15-12-16-23-35)30-40(47)45-41-43(51-34-37-26-19-14-20-27-37)42(50-33-36-24-17-13-18-25-36)39(31-46)52-44(41)48-29-4-2/h4,12-20,22-27,38-39,41-44,46H,2-3,5-11,21,28-34H2,1H3,(H,45,47)/t38-,39?,41?,42?,43?,44?/m1/s1. The Bertz CT molecular complexity index is 1360.